The quantitative estimate of drug-likeness (QED) is 0.775. The lowest BCUT2D eigenvalue weighted by atomic mass is 10.1. The Morgan fingerprint density at radius 1 is 1.00 bits per heavy atom. The van der Waals surface area contributed by atoms with Gasteiger partial charge in [0.25, 0.3) is 0 Å². The molecule has 1 aromatic rings. The molecule has 2 rings (SSSR count). The van der Waals surface area contributed by atoms with E-state index in [0.717, 1.165) is 12.1 Å². The van der Waals surface area contributed by atoms with E-state index in [-0.39, 0.29) is 16.8 Å². The van der Waals surface area contributed by atoms with Crippen LogP contribution in [0.3, 0.4) is 0 Å². The second-order valence-corrected chi connectivity index (χ2v) is 4.16. The van der Waals surface area contributed by atoms with Crippen LogP contribution >= 0.6 is 0 Å². The second-order valence-electron chi connectivity index (χ2n) is 4.16. The highest BCUT2D eigenvalue weighted by molar-refractivity contribution is 6.04. The van der Waals surface area contributed by atoms with E-state index in [0.29, 0.717) is 0 Å². The van der Waals surface area contributed by atoms with Crippen molar-refractivity contribution in [2.75, 3.05) is 5.32 Å². The second kappa shape index (κ2) is 5.40. The summed E-state index contributed by atoms with van der Waals surface area (Å²) in [5, 5.41) is 20.4. The molecule has 6 nitrogen and oxygen atoms in total. The number of aromatic carboxylic acids is 2. The van der Waals surface area contributed by atoms with Crippen molar-refractivity contribution < 1.29 is 24.6 Å². The average molecular weight is 273 g/mol. The van der Waals surface area contributed by atoms with Gasteiger partial charge in [-0.25, -0.2) is 9.59 Å². The van der Waals surface area contributed by atoms with Gasteiger partial charge in [-0.3, -0.25) is 4.79 Å². The predicted octanol–water partition coefficient (Wildman–Crippen LogP) is 1.76. The Labute approximate surface area is 114 Å². The summed E-state index contributed by atoms with van der Waals surface area (Å²) in [6.45, 7) is 0. The minimum atomic E-state index is -1.24. The Morgan fingerprint density at radius 3 is 2.20 bits per heavy atom. The first-order valence-corrected chi connectivity index (χ1v) is 5.75. The van der Waals surface area contributed by atoms with Crippen LogP contribution in [-0.4, -0.2) is 28.1 Å². The highest BCUT2D eigenvalue weighted by Crippen LogP contribution is 2.20. The first kappa shape index (κ1) is 13.5. The predicted molar refractivity (Wildman–Crippen MR) is 70.8 cm³/mol. The number of carboxylic acid groups (broad SMARTS) is 2. The molecule has 0 aromatic heterocycles. The van der Waals surface area contributed by atoms with Crippen LogP contribution in [0.15, 0.2) is 42.5 Å². The zero-order chi connectivity index (χ0) is 14.7. The Hall–Kier alpha value is -2.89. The number of carboxylic acids is 2. The topological polar surface area (TPSA) is 104 Å². The van der Waals surface area contributed by atoms with Crippen molar-refractivity contribution in [2.45, 2.75) is 0 Å². The molecule has 0 aliphatic heterocycles. The zero-order valence-electron chi connectivity index (χ0n) is 10.2. The fraction of sp³-hybridized carbons (Fsp3) is 0.0714. The van der Waals surface area contributed by atoms with E-state index in [1.165, 1.54) is 6.07 Å². The maximum absolute atomic E-state index is 11.9. The highest BCUT2D eigenvalue weighted by Gasteiger charge is 2.19. The van der Waals surface area contributed by atoms with E-state index in [1.54, 1.807) is 24.3 Å². The summed E-state index contributed by atoms with van der Waals surface area (Å²) in [6, 6.07) is 3.46. The van der Waals surface area contributed by atoms with Crippen molar-refractivity contribution in [3.05, 3.63) is 53.6 Å². The minimum Gasteiger partial charge on any atom is -0.478 e. The lowest BCUT2D eigenvalue weighted by Gasteiger charge is -2.11. The molecular weight excluding hydrogens is 262 g/mol. The summed E-state index contributed by atoms with van der Waals surface area (Å²) in [4.78, 5) is 33.9. The number of amides is 1. The normalized spacial score (nSPS) is 13.4. The van der Waals surface area contributed by atoms with Gasteiger partial charge in [-0.2, -0.15) is 0 Å². The summed E-state index contributed by atoms with van der Waals surface area (Å²) in [5.74, 6) is -3.34. The minimum absolute atomic E-state index is 0.0314. The van der Waals surface area contributed by atoms with Gasteiger partial charge in [-0.15, -0.1) is 0 Å². The fourth-order valence-corrected chi connectivity index (χ4v) is 1.79. The van der Waals surface area contributed by atoms with E-state index < -0.39 is 23.8 Å². The molecule has 0 saturated heterocycles. The van der Waals surface area contributed by atoms with Crippen LogP contribution in [0.4, 0.5) is 5.69 Å². The standard InChI is InChI=1S/C14H11NO5/c16-12(8-3-1-2-4-8)15-11-7-9(13(17)18)5-6-10(11)14(19)20/h1-8H,(H,15,16)(H,17,18)(H,19,20). The number of benzene rings is 1. The van der Waals surface area contributed by atoms with Gasteiger partial charge in [0.2, 0.25) is 5.91 Å². The zero-order valence-corrected chi connectivity index (χ0v) is 10.2. The number of allylic oxidation sites excluding steroid dienone is 2. The molecule has 0 radical (unpaired) electrons. The first-order valence-electron chi connectivity index (χ1n) is 5.75. The summed E-state index contributed by atoms with van der Waals surface area (Å²) in [5.41, 5.74) is -0.284. The van der Waals surface area contributed by atoms with Gasteiger partial charge in [0.15, 0.2) is 0 Å². The van der Waals surface area contributed by atoms with E-state index in [4.69, 9.17) is 10.2 Å². The molecule has 0 spiro atoms. The number of hydrogen-bond acceptors (Lipinski definition) is 3. The number of carbonyl (C=O) groups excluding carboxylic acids is 1. The summed E-state index contributed by atoms with van der Waals surface area (Å²) in [7, 11) is 0. The van der Waals surface area contributed by atoms with Crippen molar-refractivity contribution in [2.24, 2.45) is 5.92 Å². The molecular formula is C14H11NO5. The van der Waals surface area contributed by atoms with Crippen LogP contribution in [-0.2, 0) is 4.79 Å². The molecule has 3 N–H and O–H groups in total. The Morgan fingerprint density at radius 2 is 1.65 bits per heavy atom. The third-order valence-electron chi connectivity index (χ3n) is 2.81. The summed E-state index contributed by atoms with van der Waals surface area (Å²) >= 11 is 0. The molecule has 1 aromatic carbocycles. The Bertz CT molecular complexity index is 633. The first-order chi connectivity index (χ1) is 9.49. The number of anilines is 1. The number of hydrogen-bond donors (Lipinski definition) is 3. The number of carbonyl (C=O) groups is 3. The molecule has 0 saturated carbocycles. The molecule has 1 aliphatic carbocycles. The van der Waals surface area contributed by atoms with Crippen molar-refractivity contribution in [1.82, 2.24) is 0 Å². The molecule has 0 heterocycles. The molecule has 6 heteroatoms. The van der Waals surface area contributed by atoms with E-state index >= 15 is 0 Å². The summed E-state index contributed by atoms with van der Waals surface area (Å²) in [6.07, 6.45) is 6.71. The van der Waals surface area contributed by atoms with Gasteiger partial charge in [0, 0.05) is 0 Å². The van der Waals surface area contributed by atoms with Crippen LogP contribution in [0.1, 0.15) is 20.7 Å². The summed E-state index contributed by atoms with van der Waals surface area (Å²) < 4.78 is 0. The Balaban J connectivity index is 2.32. The maximum Gasteiger partial charge on any atom is 0.337 e. The van der Waals surface area contributed by atoms with Crippen molar-refractivity contribution in [3.8, 4) is 0 Å². The third kappa shape index (κ3) is 2.74. The maximum atomic E-state index is 11.9. The monoisotopic (exact) mass is 273 g/mol. The van der Waals surface area contributed by atoms with Crippen LogP contribution in [0.25, 0.3) is 0 Å². The largest absolute Gasteiger partial charge is 0.478 e. The van der Waals surface area contributed by atoms with Crippen molar-refractivity contribution >= 4 is 23.5 Å². The molecule has 0 atom stereocenters. The third-order valence-corrected chi connectivity index (χ3v) is 2.81. The number of rotatable bonds is 4. The number of nitrogens with one attached hydrogen (secondary N) is 1. The lowest BCUT2D eigenvalue weighted by Crippen LogP contribution is -2.20. The van der Waals surface area contributed by atoms with E-state index in [1.807, 2.05) is 0 Å². The van der Waals surface area contributed by atoms with E-state index in [2.05, 4.69) is 5.32 Å². The smallest absolute Gasteiger partial charge is 0.337 e. The van der Waals surface area contributed by atoms with Gasteiger partial charge in [0.1, 0.15) is 0 Å². The fourth-order valence-electron chi connectivity index (χ4n) is 1.79. The van der Waals surface area contributed by atoms with Crippen LogP contribution < -0.4 is 5.32 Å². The van der Waals surface area contributed by atoms with Gasteiger partial charge in [-0.05, 0) is 18.2 Å². The van der Waals surface area contributed by atoms with E-state index in [9.17, 15) is 14.4 Å². The van der Waals surface area contributed by atoms with Crippen LogP contribution in [0, 0.1) is 5.92 Å². The molecule has 0 unspecified atom stereocenters. The van der Waals surface area contributed by atoms with Gasteiger partial charge >= 0.3 is 11.9 Å². The van der Waals surface area contributed by atoms with Crippen LogP contribution in [0.2, 0.25) is 0 Å². The van der Waals surface area contributed by atoms with Crippen LogP contribution in [0.5, 0.6) is 0 Å². The van der Waals surface area contributed by atoms with Crippen molar-refractivity contribution in [3.63, 3.8) is 0 Å². The van der Waals surface area contributed by atoms with Gasteiger partial charge in [-0.1, -0.05) is 24.3 Å². The Kier molecular flexibility index (Phi) is 3.65. The lowest BCUT2D eigenvalue weighted by molar-refractivity contribution is -0.117. The molecule has 102 valence electrons. The SMILES string of the molecule is O=C(O)c1ccc(C(=O)O)c(NC(=O)C2C=CC=C2)c1. The molecule has 20 heavy (non-hydrogen) atoms. The van der Waals surface area contributed by atoms with Gasteiger partial charge < -0.3 is 15.5 Å². The van der Waals surface area contributed by atoms with Gasteiger partial charge in [0.05, 0.1) is 22.7 Å². The molecule has 0 bridgehead atoms. The molecule has 1 aliphatic rings. The molecule has 0 fully saturated rings. The highest BCUT2D eigenvalue weighted by atomic mass is 16.4. The average Bonchev–Trinajstić information content (AvgIpc) is 2.92. The van der Waals surface area contributed by atoms with Crippen molar-refractivity contribution in [1.29, 1.82) is 0 Å². The molecule has 1 amide bonds.